The third-order valence-corrected chi connectivity index (χ3v) is 4.88. The fourth-order valence-corrected chi connectivity index (χ4v) is 3.64. The normalized spacial score (nSPS) is 25.7. The smallest absolute Gasteiger partial charge is 0.0604 e. The predicted molar refractivity (Wildman–Crippen MR) is 76.4 cm³/mol. The van der Waals surface area contributed by atoms with Gasteiger partial charge >= 0.3 is 0 Å². The third kappa shape index (κ3) is 1.99. The number of hydrogen-bond acceptors (Lipinski definition) is 3. The molecule has 3 heteroatoms. The van der Waals surface area contributed by atoms with Crippen molar-refractivity contribution in [1.29, 1.82) is 0 Å². The molecular weight excluding hydrogens is 240 g/mol. The lowest BCUT2D eigenvalue weighted by Gasteiger charge is -2.27. The molecule has 2 heterocycles. The van der Waals surface area contributed by atoms with Crippen molar-refractivity contribution in [2.45, 2.75) is 18.5 Å². The van der Waals surface area contributed by atoms with Gasteiger partial charge in [0, 0.05) is 19.0 Å². The van der Waals surface area contributed by atoms with Gasteiger partial charge in [-0.3, -0.25) is 0 Å². The van der Waals surface area contributed by atoms with Crippen LogP contribution in [0, 0.1) is 0 Å². The molecule has 0 amide bonds. The predicted octanol–water partition coefficient (Wildman–Crippen LogP) is 3.71. The van der Waals surface area contributed by atoms with Gasteiger partial charge in [-0.2, -0.15) is 0 Å². The van der Waals surface area contributed by atoms with Crippen LogP contribution in [0.5, 0.6) is 0 Å². The lowest BCUT2D eigenvalue weighted by atomic mass is 10.0. The molecule has 1 aromatic carbocycles. The van der Waals surface area contributed by atoms with Crippen LogP contribution in [-0.4, -0.2) is 24.1 Å². The van der Waals surface area contributed by atoms with E-state index in [4.69, 9.17) is 0 Å². The second-order valence-electron chi connectivity index (χ2n) is 4.84. The molecule has 94 valence electrons. The second kappa shape index (κ2) is 4.84. The van der Waals surface area contributed by atoms with E-state index in [1.54, 1.807) is 0 Å². The molecule has 0 spiro atoms. The molecule has 0 bridgehead atoms. The monoisotopic (exact) mass is 258 g/mol. The molecule has 0 saturated carbocycles. The molecule has 1 aromatic heterocycles. The van der Waals surface area contributed by atoms with Crippen molar-refractivity contribution >= 4 is 11.3 Å². The lowest BCUT2D eigenvalue weighted by molar-refractivity contribution is 0.0261. The Morgan fingerprint density at radius 3 is 2.33 bits per heavy atom. The Hall–Kier alpha value is -1.16. The van der Waals surface area contributed by atoms with Crippen LogP contribution in [0.1, 0.15) is 28.9 Å². The first-order valence-electron chi connectivity index (χ1n) is 6.31. The fraction of sp³-hybridized carbons (Fsp3) is 0.333. The van der Waals surface area contributed by atoms with E-state index in [1.165, 1.54) is 10.4 Å². The summed E-state index contributed by atoms with van der Waals surface area (Å²) >= 11 is 1.85. The molecule has 3 rings (SSSR count). The summed E-state index contributed by atoms with van der Waals surface area (Å²) in [7, 11) is 4.37. The van der Waals surface area contributed by atoms with Gasteiger partial charge in [0.1, 0.15) is 0 Å². The number of thiophene rings is 1. The van der Waals surface area contributed by atoms with Crippen LogP contribution in [-0.2, 0) is 0 Å². The number of hydrogen-bond donors (Lipinski definition) is 0. The van der Waals surface area contributed by atoms with Gasteiger partial charge in [0.2, 0.25) is 0 Å². The Balaban J connectivity index is 1.87. The van der Waals surface area contributed by atoms with Crippen molar-refractivity contribution in [3.63, 3.8) is 0 Å². The standard InChI is InChI=1S/C15H18N2S/c1-16-13(12-7-4-3-5-8-12)11-14(17(16)2)15-9-6-10-18-15/h3-10,13-14H,11H2,1-2H3. The summed E-state index contributed by atoms with van der Waals surface area (Å²) in [6.45, 7) is 0. The van der Waals surface area contributed by atoms with E-state index in [-0.39, 0.29) is 0 Å². The Morgan fingerprint density at radius 2 is 1.67 bits per heavy atom. The van der Waals surface area contributed by atoms with Crippen molar-refractivity contribution in [2.24, 2.45) is 0 Å². The summed E-state index contributed by atoms with van der Waals surface area (Å²) in [6, 6.07) is 16.2. The van der Waals surface area contributed by atoms with E-state index in [0.29, 0.717) is 12.1 Å². The van der Waals surface area contributed by atoms with Crippen LogP contribution in [0.25, 0.3) is 0 Å². The molecule has 1 saturated heterocycles. The van der Waals surface area contributed by atoms with Crippen LogP contribution >= 0.6 is 11.3 Å². The molecule has 0 N–H and O–H groups in total. The van der Waals surface area contributed by atoms with Crippen LogP contribution in [0.15, 0.2) is 47.8 Å². The van der Waals surface area contributed by atoms with Gasteiger partial charge in [0.25, 0.3) is 0 Å². The van der Waals surface area contributed by atoms with E-state index >= 15 is 0 Å². The van der Waals surface area contributed by atoms with Crippen molar-refractivity contribution < 1.29 is 0 Å². The summed E-state index contributed by atoms with van der Waals surface area (Å²) in [5.41, 5.74) is 1.41. The molecule has 2 unspecified atom stereocenters. The summed E-state index contributed by atoms with van der Waals surface area (Å²) in [6.07, 6.45) is 1.16. The van der Waals surface area contributed by atoms with Gasteiger partial charge in [-0.15, -0.1) is 11.3 Å². The largest absolute Gasteiger partial charge is 0.237 e. The topological polar surface area (TPSA) is 6.48 Å². The summed E-state index contributed by atoms with van der Waals surface area (Å²) in [5.74, 6) is 0. The minimum Gasteiger partial charge on any atom is -0.237 e. The maximum atomic E-state index is 2.36. The van der Waals surface area contributed by atoms with Crippen molar-refractivity contribution in [3.8, 4) is 0 Å². The number of hydrazine groups is 1. The second-order valence-corrected chi connectivity index (χ2v) is 5.82. The van der Waals surface area contributed by atoms with Gasteiger partial charge in [-0.05, 0) is 23.4 Å². The van der Waals surface area contributed by atoms with E-state index < -0.39 is 0 Å². The van der Waals surface area contributed by atoms with Gasteiger partial charge in [0.15, 0.2) is 0 Å². The maximum Gasteiger partial charge on any atom is 0.0604 e. The van der Waals surface area contributed by atoms with E-state index in [0.717, 1.165) is 6.42 Å². The molecule has 18 heavy (non-hydrogen) atoms. The summed E-state index contributed by atoms with van der Waals surface area (Å²) in [5, 5.41) is 6.89. The molecule has 0 radical (unpaired) electrons. The Bertz CT molecular complexity index is 494. The first-order valence-corrected chi connectivity index (χ1v) is 7.19. The molecule has 2 aromatic rings. The Kier molecular flexibility index (Phi) is 3.20. The van der Waals surface area contributed by atoms with Crippen molar-refractivity contribution in [3.05, 3.63) is 58.3 Å². The fourth-order valence-electron chi connectivity index (χ4n) is 2.76. The highest BCUT2D eigenvalue weighted by molar-refractivity contribution is 7.10. The zero-order chi connectivity index (χ0) is 12.5. The van der Waals surface area contributed by atoms with Gasteiger partial charge < -0.3 is 0 Å². The highest BCUT2D eigenvalue weighted by Gasteiger charge is 2.36. The summed E-state index contributed by atoms with van der Waals surface area (Å²) < 4.78 is 0. The molecule has 2 nitrogen and oxygen atoms in total. The van der Waals surface area contributed by atoms with E-state index in [2.05, 4.69) is 72.0 Å². The quantitative estimate of drug-likeness (QED) is 0.810. The first-order chi connectivity index (χ1) is 8.77. The Labute approximate surface area is 112 Å². The summed E-state index contributed by atoms with van der Waals surface area (Å²) in [4.78, 5) is 1.46. The minimum absolute atomic E-state index is 0.489. The van der Waals surface area contributed by atoms with Crippen LogP contribution in [0.3, 0.4) is 0 Å². The molecular formula is C15H18N2S. The van der Waals surface area contributed by atoms with Crippen LogP contribution in [0.2, 0.25) is 0 Å². The average molecular weight is 258 g/mol. The SMILES string of the molecule is CN1C(c2ccccc2)CC(c2cccs2)N1C. The van der Waals surface area contributed by atoms with Crippen LogP contribution < -0.4 is 0 Å². The van der Waals surface area contributed by atoms with Crippen molar-refractivity contribution in [2.75, 3.05) is 14.1 Å². The number of nitrogens with zero attached hydrogens (tertiary/aromatic N) is 2. The minimum atomic E-state index is 0.489. The van der Waals surface area contributed by atoms with Crippen LogP contribution in [0.4, 0.5) is 0 Å². The highest BCUT2D eigenvalue weighted by atomic mass is 32.1. The highest BCUT2D eigenvalue weighted by Crippen LogP contribution is 2.42. The molecule has 2 atom stereocenters. The molecule has 1 aliphatic heterocycles. The zero-order valence-corrected chi connectivity index (χ0v) is 11.6. The number of benzene rings is 1. The lowest BCUT2D eigenvalue weighted by Crippen LogP contribution is -2.32. The molecule has 1 aliphatic rings. The van der Waals surface area contributed by atoms with Crippen molar-refractivity contribution in [1.82, 2.24) is 10.0 Å². The Morgan fingerprint density at radius 1 is 0.944 bits per heavy atom. The maximum absolute atomic E-state index is 2.36. The van der Waals surface area contributed by atoms with E-state index in [9.17, 15) is 0 Å². The van der Waals surface area contributed by atoms with E-state index in [1.807, 2.05) is 11.3 Å². The molecule has 1 fully saturated rings. The van der Waals surface area contributed by atoms with Gasteiger partial charge in [0.05, 0.1) is 12.1 Å². The van der Waals surface area contributed by atoms with Gasteiger partial charge in [-0.25, -0.2) is 10.0 Å². The number of rotatable bonds is 2. The average Bonchev–Trinajstić information content (AvgIpc) is 3.01. The first kappa shape index (κ1) is 11.9. The zero-order valence-electron chi connectivity index (χ0n) is 10.8. The molecule has 0 aliphatic carbocycles. The van der Waals surface area contributed by atoms with Gasteiger partial charge in [-0.1, -0.05) is 36.4 Å². The third-order valence-electron chi connectivity index (χ3n) is 3.90.